The van der Waals surface area contributed by atoms with Gasteiger partial charge in [0, 0.05) is 50.6 Å². The number of imidazole rings is 1. The summed E-state index contributed by atoms with van der Waals surface area (Å²) in [6, 6.07) is 5.96. The molecule has 2 aliphatic rings. The van der Waals surface area contributed by atoms with Crippen molar-refractivity contribution in [3.63, 3.8) is 0 Å². The summed E-state index contributed by atoms with van der Waals surface area (Å²) in [5.41, 5.74) is 2.51. The average Bonchev–Trinajstić information content (AvgIpc) is 3.50. The number of anilines is 2. The predicted molar refractivity (Wildman–Crippen MR) is 132 cm³/mol. The molecular formula is C25H33F3N6O3. The molecule has 3 heterocycles. The molecule has 2 fully saturated rings. The second kappa shape index (κ2) is 10.9. The number of alkyl halides is 3. The van der Waals surface area contributed by atoms with Gasteiger partial charge in [-0.05, 0) is 38.5 Å². The fourth-order valence-electron chi connectivity index (χ4n) is 5.02. The Morgan fingerprint density at radius 2 is 2.03 bits per heavy atom. The van der Waals surface area contributed by atoms with Crippen LogP contribution in [-0.4, -0.2) is 68.6 Å². The van der Waals surface area contributed by atoms with Crippen LogP contribution in [0.25, 0.3) is 11.0 Å². The number of aryl methyl sites for hydroxylation is 1. The minimum Gasteiger partial charge on any atom is -0.490 e. The minimum atomic E-state index is -4.61. The normalized spacial score (nSPS) is 23.8. The van der Waals surface area contributed by atoms with E-state index in [0.717, 1.165) is 36.2 Å². The Hall–Kier alpha value is -2.83. The maximum atomic E-state index is 12.5. The van der Waals surface area contributed by atoms with Gasteiger partial charge in [-0.25, -0.2) is 4.98 Å². The molecule has 37 heavy (non-hydrogen) atoms. The third-order valence-corrected chi connectivity index (χ3v) is 7.14. The van der Waals surface area contributed by atoms with Crippen LogP contribution in [0.4, 0.5) is 24.7 Å². The number of hydrogen-bond acceptors (Lipinski definition) is 7. The van der Waals surface area contributed by atoms with Crippen molar-refractivity contribution >= 4 is 22.5 Å². The number of aliphatic hydroxyl groups excluding tert-OH is 1. The summed E-state index contributed by atoms with van der Waals surface area (Å²) in [5, 5.41) is 20.1. The third kappa shape index (κ3) is 6.19. The number of nitrogens with zero attached hydrogens (tertiary/aromatic N) is 4. The van der Waals surface area contributed by atoms with E-state index in [1.165, 1.54) is 0 Å². The molecule has 3 N–H and O–H groups in total. The van der Waals surface area contributed by atoms with E-state index in [2.05, 4.69) is 15.6 Å². The van der Waals surface area contributed by atoms with Crippen molar-refractivity contribution in [2.24, 2.45) is 7.05 Å². The molecule has 0 unspecified atom stereocenters. The fourth-order valence-corrected chi connectivity index (χ4v) is 5.02. The highest BCUT2D eigenvalue weighted by Gasteiger charge is 2.38. The van der Waals surface area contributed by atoms with Crippen molar-refractivity contribution in [2.45, 2.75) is 69.0 Å². The summed E-state index contributed by atoms with van der Waals surface area (Å²) in [5.74, 6) is 1.41. The lowest BCUT2D eigenvalue weighted by molar-refractivity contribution is -0.202. The number of ether oxygens (including phenoxy) is 2. The summed E-state index contributed by atoms with van der Waals surface area (Å²) in [6.07, 6.45) is 1.54. The second-order valence-corrected chi connectivity index (χ2v) is 9.93. The molecule has 5 rings (SSSR count). The Morgan fingerprint density at radius 3 is 2.76 bits per heavy atom. The van der Waals surface area contributed by atoms with Gasteiger partial charge < -0.3 is 29.8 Å². The van der Waals surface area contributed by atoms with E-state index in [9.17, 15) is 18.3 Å². The van der Waals surface area contributed by atoms with Crippen molar-refractivity contribution in [1.29, 1.82) is 0 Å². The Bertz CT molecular complexity index is 1180. The van der Waals surface area contributed by atoms with Crippen LogP contribution in [0.3, 0.4) is 0 Å². The van der Waals surface area contributed by atoms with Gasteiger partial charge in [0.15, 0.2) is 11.9 Å². The summed E-state index contributed by atoms with van der Waals surface area (Å²) in [7, 11) is 1.92. The van der Waals surface area contributed by atoms with Gasteiger partial charge in [0.2, 0.25) is 0 Å². The highest BCUT2D eigenvalue weighted by molar-refractivity contribution is 5.91. The maximum Gasteiger partial charge on any atom is 0.415 e. The first kappa shape index (κ1) is 25.8. The first-order chi connectivity index (χ1) is 17.8. The Morgan fingerprint density at radius 1 is 1.22 bits per heavy atom. The predicted octanol–water partition coefficient (Wildman–Crippen LogP) is 4.07. The zero-order valence-electron chi connectivity index (χ0n) is 20.7. The Labute approximate surface area is 212 Å². The molecule has 1 aliphatic heterocycles. The van der Waals surface area contributed by atoms with Crippen molar-refractivity contribution in [2.75, 3.05) is 25.1 Å². The molecule has 2 atom stereocenters. The van der Waals surface area contributed by atoms with Crippen LogP contribution in [0.2, 0.25) is 0 Å². The molecule has 3 aromatic rings. The summed E-state index contributed by atoms with van der Waals surface area (Å²) in [6.45, 7) is 0.970. The van der Waals surface area contributed by atoms with Crippen molar-refractivity contribution < 1.29 is 27.8 Å². The zero-order chi connectivity index (χ0) is 26.0. The van der Waals surface area contributed by atoms with Crippen LogP contribution in [0.1, 0.15) is 44.6 Å². The number of nitrogens with one attached hydrogen (secondary N) is 2. The first-order valence-electron chi connectivity index (χ1n) is 12.8. The van der Waals surface area contributed by atoms with Crippen LogP contribution >= 0.6 is 0 Å². The van der Waals surface area contributed by atoms with E-state index in [1.54, 1.807) is 6.33 Å². The number of rotatable bonds is 8. The molecular weight excluding hydrogens is 489 g/mol. The van der Waals surface area contributed by atoms with Gasteiger partial charge >= 0.3 is 6.18 Å². The van der Waals surface area contributed by atoms with E-state index in [0.29, 0.717) is 43.9 Å². The van der Waals surface area contributed by atoms with Crippen LogP contribution in [0.5, 0.6) is 5.75 Å². The van der Waals surface area contributed by atoms with Crippen LogP contribution in [0.15, 0.2) is 30.7 Å². The van der Waals surface area contributed by atoms with Crippen LogP contribution in [0, 0.1) is 0 Å². The summed E-state index contributed by atoms with van der Waals surface area (Å²) >= 11 is 0. The molecule has 12 heteroatoms. The van der Waals surface area contributed by atoms with Crippen molar-refractivity contribution in [3.05, 3.63) is 30.7 Å². The highest BCUT2D eigenvalue weighted by Crippen LogP contribution is 2.33. The molecule has 1 saturated carbocycles. The van der Waals surface area contributed by atoms with Gasteiger partial charge in [0.05, 0.1) is 36.3 Å². The lowest BCUT2D eigenvalue weighted by atomic mass is 9.93. The standard InChI is InChI=1S/C25H33F3N6O3/c1-33-15-30-24-20(31-23-8-9-34(32-23)17-3-2-10-36-14-17)11-19(12-21(24)33)37-18-6-4-16(5-7-18)29-13-22(35)25(26,27)28/h8-9,11-12,15-18,22,29,35H,2-7,10,13-14H2,1H3,(H,31,32)/t16-,17-,18+,22-/m1/s1. The van der Waals surface area contributed by atoms with Gasteiger partial charge in [-0.1, -0.05) is 0 Å². The van der Waals surface area contributed by atoms with Gasteiger partial charge in [0.25, 0.3) is 0 Å². The molecule has 1 aliphatic carbocycles. The number of aromatic nitrogens is 4. The molecule has 202 valence electrons. The average molecular weight is 523 g/mol. The smallest absolute Gasteiger partial charge is 0.415 e. The number of hydrogen-bond donors (Lipinski definition) is 3. The van der Waals surface area contributed by atoms with Gasteiger partial charge in [-0.2, -0.15) is 18.3 Å². The fraction of sp³-hybridized carbons (Fsp3) is 0.600. The van der Waals surface area contributed by atoms with Gasteiger partial charge in [-0.15, -0.1) is 0 Å². The lowest BCUT2D eigenvalue weighted by Gasteiger charge is -2.30. The molecule has 0 spiro atoms. The molecule has 0 bridgehead atoms. The number of fused-ring (bicyclic) bond motifs is 1. The van der Waals surface area contributed by atoms with Crippen molar-refractivity contribution in [1.82, 2.24) is 24.6 Å². The molecule has 2 aromatic heterocycles. The third-order valence-electron chi connectivity index (χ3n) is 7.14. The highest BCUT2D eigenvalue weighted by atomic mass is 19.4. The van der Waals surface area contributed by atoms with E-state index < -0.39 is 18.8 Å². The van der Waals surface area contributed by atoms with Gasteiger partial charge in [-0.3, -0.25) is 4.68 Å². The van der Waals surface area contributed by atoms with E-state index in [-0.39, 0.29) is 18.2 Å². The van der Waals surface area contributed by atoms with E-state index >= 15 is 0 Å². The van der Waals surface area contributed by atoms with Crippen molar-refractivity contribution in [3.8, 4) is 5.75 Å². The quantitative estimate of drug-likeness (QED) is 0.410. The maximum absolute atomic E-state index is 12.5. The summed E-state index contributed by atoms with van der Waals surface area (Å²) < 4.78 is 53.4. The Balaban J connectivity index is 1.23. The molecule has 9 nitrogen and oxygen atoms in total. The topological polar surface area (TPSA) is 98.4 Å². The number of halogens is 3. The van der Waals surface area contributed by atoms with E-state index in [4.69, 9.17) is 14.6 Å². The summed E-state index contributed by atoms with van der Waals surface area (Å²) in [4.78, 5) is 4.54. The molecule has 1 saturated heterocycles. The molecule has 0 radical (unpaired) electrons. The monoisotopic (exact) mass is 522 g/mol. The van der Waals surface area contributed by atoms with E-state index in [1.807, 2.05) is 40.7 Å². The van der Waals surface area contributed by atoms with Crippen LogP contribution in [-0.2, 0) is 11.8 Å². The largest absolute Gasteiger partial charge is 0.490 e. The lowest BCUT2D eigenvalue weighted by Crippen LogP contribution is -2.44. The molecule has 1 aromatic carbocycles. The zero-order valence-corrected chi connectivity index (χ0v) is 20.7. The molecule has 0 amide bonds. The van der Waals surface area contributed by atoms with Crippen LogP contribution < -0.4 is 15.4 Å². The Kier molecular flexibility index (Phi) is 7.59. The SMILES string of the molecule is Cn1cnc2c(Nc3ccn([C@@H]4CCCOC4)n3)cc(O[C@H]3CC[C@@H](NC[C@@H](O)C(F)(F)F)CC3)cc21. The number of aliphatic hydroxyl groups is 1. The number of benzene rings is 1. The minimum absolute atomic E-state index is 0.0466. The second-order valence-electron chi connectivity index (χ2n) is 9.93. The van der Waals surface area contributed by atoms with Gasteiger partial charge in [0.1, 0.15) is 11.3 Å². The first-order valence-corrected chi connectivity index (χ1v) is 12.8.